The molecule has 0 radical (unpaired) electrons. The Morgan fingerprint density at radius 2 is 2.25 bits per heavy atom. The highest BCUT2D eigenvalue weighted by molar-refractivity contribution is 7.88. The van der Waals surface area contributed by atoms with E-state index in [2.05, 4.69) is 4.72 Å². The van der Waals surface area contributed by atoms with Gasteiger partial charge in [0.2, 0.25) is 15.8 Å². The minimum atomic E-state index is -3.40. The van der Waals surface area contributed by atoms with Gasteiger partial charge >= 0.3 is 5.69 Å². The van der Waals surface area contributed by atoms with Gasteiger partial charge in [0, 0.05) is 11.6 Å². The van der Waals surface area contributed by atoms with Crippen LogP contribution < -0.4 is 9.46 Å². The third-order valence-electron chi connectivity index (χ3n) is 2.75. The second kappa shape index (κ2) is 5.07. The lowest BCUT2D eigenvalue weighted by molar-refractivity contribution is -0.386. The molecule has 1 atom stereocenters. The standard InChI is InChI=1S/C11H11N3O5S/c1-20(17,18)13-9-4-8-2-7(5-12)3-10(14(15)16)11(8)19-6-9/h2-3,9,13H,4,6H2,1H3. The van der Waals surface area contributed by atoms with E-state index in [1.54, 1.807) is 0 Å². The van der Waals surface area contributed by atoms with E-state index >= 15 is 0 Å². The Kier molecular flexibility index (Phi) is 3.61. The molecule has 1 aliphatic rings. The molecule has 0 bridgehead atoms. The second-order valence-electron chi connectivity index (χ2n) is 4.45. The van der Waals surface area contributed by atoms with Crippen molar-refractivity contribution in [3.05, 3.63) is 33.4 Å². The third kappa shape index (κ3) is 3.04. The molecule has 20 heavy (non-hydrogen) atoms. The molecule has 1 N–H and O–H groups in total. The van der Waals surface area contributed by atoms with E-state index in [1.165, 1.54) is 6.07 Å². The van der Waals surface area contributed by atoms with Gasteiger partial charge in [-0.2, -0.15) is 5.26 Å². The van der Waals surface area contributed by atoms with E-state index in [-0.39, 0.29) is 30.0 Å². The van der Waals surface area contributed by atoms with Crippen LogP contribution in [0.25, 0.3) is 0 Å². The predicted octanol–water partition coefficient (Wildman–Crippen LogP) is 0.319. The Morgan fingerprint density at radius 1 is 1.55 bits per heavy atom. The molecule has 0 spiro atoms. The van der Waals surface area contributed by atoms with Crippen molar-refractivity contribution in [3.63, 3.8) is 0 Å². The number of benzene rings is 1. The Morgan fingerprint density at radius 3 is 2.80 bits per heavy atom. The van der Waals surface area contributed by atoms with Crippen LogP contribution in [0.15, 0.2) is 12.1 Å². The molecule has 106 valence electrons. The average Bonchev–Trinajstić information content (AvgIpc) is 2.34. The van der Waals surface area contributed by atoms with Crippen molar-refractivity contribution in [3.8, 4) is 11.8 Å². The number of ether oxygens (including phenoxy) is 1. The zero-order valence-electron chi connectivity index (χ0n) is 10.5. The van der Waals surface area contributed by atoms with Crippen molar-refractivity contribution >= 4 is 15.7 Å². The first-order valence-electron chi connectivity index (χ1n) is 5.61. The van der Waals surface area contributed by atoms with Gasteiger partial charge in [0.15, 0.2) is 0 Å². The number of nitrogens with one attached hydrogen (secondary N) is 1. The quantitative estimate of drug-likeness (QED) is 0.633. The first kappa shape index (κ1) is 14.2. The van der Waals surface area contributed by atoms with Crippen molar-refractivity contribution in [1.82, 2.24) is 4.72 Å². The molecule has 1 unspecified atom stereocenters. The smallest absolute Gasteiger partial charge is 0.312 e. The summed E-state index contributed by atoms with van der Waals surface area (Å²) in [5, 5.41) is 19.8. The van der Waals surface area contributed by atoms with Gasteiger partial charge in [-0.05, 0) is 12.5 Å². The maximum Gasteiger partial charge on any atom is 0.312 e. The molecule has 0 fully saturated rings. The largest absolute Gasteiger partial charge is 0.485 e. The minimum absolute atomic E-state index is 0.00676. The number of rotatable bonds is 3. The highest BCUT2D eigenvalue weighted by Gasteiger charge is 2.29. The van der Waals surface area contributed by atoms with Gasteiger partial charge in [-0.3, -0.25) is 10.1 Å². The molecule has 8 nitrogen and oxygen atoms in total. The van der Waals surface area contributed by atoms with E-state index in [9.17, 15) is 18.5 Å². The molecule has 0 aliphatic carbocycles. The molecular formula is C11H11N3O5S. The fraction of sp³-hybridized carbons (Fsp3) is 0.364. The maximum atomic E-state index is 11.2. The molecule has 9 heteroatoms. The first-order chi connectivity index (χ1) is 9.30. The van der Waals surface area contributed by atoms with Crippen LogP contribution in [0.2, 0.25) is 0 Å². The molecule has 0 aromatic heterocycles. The molecule has 1 aromatic rings. The Balaban J connectivity index is 2.39. The van der Waals surface area contributed by atoms with E-state index in [0.29, 0.717) is 5.56 Å². The molecule has 0 amide bonds. The van der Waals surface area contributed by atoms with Crippen LogP contribution in [0.3, 0.4) is 0 Å². The highest BCUT2D eigenvalue weighted by Crippen LogP contribution is 2.35. The third-order valence-corrected chi connectivity index (χ3v) is 3.51. The number of nitrogens with zero attached hydrogens (tertiary/aromatic N) is 2. The van der Waals surface area contributed by atoms with E-state index in [0.717, 1.165) is 12.3 Å². The van der Waals surface area contributed by atoms with Gasteiger partial charge < -0.3 is 4.74 Å². The van der Waals surface area contributed by atoms with E-state index in [1.807, 2.05) is 6.07 Å². The fourth-order valence-electron chi connectivity index (χ4n) is 2.08. The van der Waals surface area contributed by atoms with Crippen molar-refractivity contribution in [2.75, 3.05) is 12.9 Å². The maximum absolute atomic E-state index is 11.2. The molecule has 2 rings (SSSR count). The number of fused-ring (bicyclic) bond motifs is 1. The SMILES string of the molecule is CS(=O)(=O)NC1COc2c(cc(C#N)cc2[N+](=O)[O-])C1. The molecule has 1 heterocycles. The Bertz CT molecular complexity index is 708. The fourth-order valence-corrected chi connectivity index (χ4v) is 2.83. The summed E-state index contributed by atoms with van der Waals surface area (Å²) in [6.07, 6.45) is 1.26. The molecule has 0 saturated carbocycles. The summed E-state index contributed by atoms with van der Waals surface area (Å²) < 4.78 is 30.0. The van der Waals surface area contributed by atoms with Gasteiger partial charge in [-0.1, -0.05) is 0 Å². The number of sulfonamides is 1. The Hall–Kier alpha value is -2.18. The van der Waals surface area contributed by atoms with Gasteiger partial charge in [0.1, 0.15) is 6.61 Å². The van der Waals surface area contributed by atoms with Crippen LogP contribution in [-0.4, -0.2) is 32.2 Å². The van der Waals surface area contributed by atoms with Crippen LogP contribution in [0.4, 0.5) is 5.69 Å². The first-order valence-corrected chi connectivity index (χ1v) is 7.51. The van der Waals surface area contributed by atoms with Crippen LogP contribution in [0.1, 0.15) is 11.1 Å². The van der Waals surface area contributed by atoms with Crippen molar-refractivity contribution in [2.45, 2.75) is 12.5 Å². The predicted molar refractivity (Wildman–Crippen MR) is 68.8 cm³/mol. The summed E-state index contributed by atoms with van der Waals surface area (Å²) in [6, 6.07) is 3.94. The number of hydrogen-bond acceptors (Lipinski definition) is 6. The van der Waals surface area contributed by atoms with Crippen LogP contribution in [-0.2, 0) is 16.4 Å². The molecule has 1 aliphatic heterocycles. The number of nitriles is 1. The summed E-state index contributed by atoms with van der Waals surface area (Å²) in [5.41, 5.74) is 0.305. The molecular weight excluding hydrogens is 286 g/mol. The summed E-state index contributed by atoms with van der Waals surface area (Å²) in [6.45, 7) is 0.00676. The lowest BCUT2D eigenvalue weighted by Gasteiger charge is -2.25. The lowest BCUT2D eigenvalue weighted by atomic mass is 10.00. The zero-order chi connectivity index (χ0) is 14.9. The normalized spacial score (nSPS) is 17.7. The van der Waals surface area contributed by atoms with Crippen molar-refractivity contribution < 1.29 is 18.1 Å². The van der Waals surface area contributed by atoms with Gasteiger partial charge in [-0.15, -0.1) is 0 Å². The van der Waals surface area contributed by atoms with Crippen molar-refractivity contribution in [1.29, 1.82) is 5.26 Å². The van der Waals surface area contributed by atoms with Crippen LogP contribution in [0.5, 0.6) is 5.75 Å². The lowest BCUT2D eigenvalue weighted by Crippen LogP contribution is -2.42. The summed E-state index contributed by atoms with van der Waals surface area (Å²) in [5.74, 6) is 0.0977. The minimum Gasteiger partial charge on any atom is -0.485 e. The van der Waals surface area contributed by atoms with Gasteiger partial charge in [0.25, 0.3) is 0 Å². The van der Waals surface area contributed by atoms with Crippen LogP contribution >= 0.6 is 0 Å². The summed E-state index contributed by atoms with van der Waals surface area (Å²) >= 11 is 0. The number of hydrogen-bond donors (Lipinski definition) is 1. The summed E-state index contributed by atoms with van der Waals surface area (Å²) in [4.78, 5) is 10.3. The van der Waals surface area contributed by atoms with Crippen LogP contribution in [0, 0.1) is 21.4 Å². The van der Waals surface area contributed by atoms with Crippen molar-refractivity contribution in [2.24, 2.45) is 0 Å². The monoisotopic (exact) mass is 297 g/mol. The second-order valence-corrected chi connectivity index (χ2v) is 6.23. The zero-order valence-corrected chi connectivity index (χ0v) is 11.3. The number of nitro groups is 1. The number of nitro benzene ring substituents is 1. The average molecular weight is 297 g/mol. The van der Waals surface area contributed by atoms with Gasteiger partial charge in [0.05, 0.1) is 28.9 Å². The van der Waals surface area contributed by atoms with E-state index in [4.69, 9.17) is 10.00 Å². The molecule has 0 saturated heterocycles. The topological polar surface area (TPSA) is 122 Å². The Labute approximate surface area is 115 Å². The van der Waals surface area contributed by atoms with E-state index < -0.39 is 21.0 Å². The molecule has 1 aromatic carbocycles. The summed E-state index contributed by atoms with van der Waals surface area (Å²) in [7, 11) is -3.40. The van der Waals surface area contributed by atoms with Gasteiger partial charge in [-0.25, -0.2) is 13.1 Å². The highest BCUT2D eigenvalue weighted by atomic mass is 32.2.